The molecule has 0 aliphatic heterocycles. The first-order valence-corrected chi connectivity index (χ1v) is 7.86. The molecule has 0 saturated heterocycles. The maximum atomic E-state index is 12.4. The third kappa shape index (κ3) is 3.74. The zero-order chi connectivity index (χ0) is 18.7. The molecule has 3 rings (SSSR count). The Morgan fingerprint density at radius 3 is 2.65 bits per heavy atom. The second kappa shape index (κ2) is 7.38. The van der Waals surface area contributed by atoms with E-state index < -0.39 is 6.61 Å². The molecule has 0 aliphatic carbocycles. The number of H-pyrrole nitrogens is 1. The normalized spacial score (nSPS) is 12.2. The Labute approximate surface area is 148 Å². The van der Waals surface area contributed by atoms with Crippen molar-refractivity contribution in [1.29, 1.82) is 0 Å². The van der Waals surface area contributed by atoms with Gasteiger partial charge in [-0.05, 0) is 37.3 Å². The highest BCUT2D eigenvalue weighted by molar-refractivity contribution is 5.95. The van der Waals surface area contributed by atoms with Crippen molar-refractivity contribution in [3.05, 3.63) is 53.9 Å². The molecule has 26 heavy (non-hydrogen) atoms. The van der Waals surface area contributed by atoms with Gasteiger partial charge in [0.1, 0.15) is 5.82 Å². The van der Waals surface area contributed by atoms with Crippen LogP contribution in [-0.4, -0.2) is 29.6 Å². The van der Waals surface area contributed by atoms with Crippen molar-refractivity contribution in [1.82, 2.24) is 15.3 Å². The lowest BCUT2D eigenvalue weighted by atomic mass is 10.1. The molecule has 0 fully saturated rings. The molecule has 136 valence electrons. The van der Waals surface area contributed by atoms with Gasteiger partial charge in [-0.3, -0.25) is 4.79 Å². The molecule has 0 saturated carbocycles. The molecule has 0 bridgehead atoms. The molecule has 0 aliphatic rings. The van der Waals surface area contributed by atoms with Gasteiger partial charge in [0.2, 0.25) is 0 Å². The summed E-state index contributed by atoms with van der Waals surface area (Å²) in [5, 5.41) is 2.81. The average molecular weight is 361 g/mol. The van der Waals surface area contributed by atoms with E-state index in [9.17, 15) is 13.6 Å². The van der Waals surface area contributed by atoms with Gasteiger partial charge in [0.25, 0.3) is 5.91 Å². The van der Waals surface area contributed by atoms with Crippen LogP contribution in [0, 0.1) is 0 Å². The Morgan fingerprint density at radius 2 is 1.96 bits per heavy atom. The topological polar surface area (TPSA) is 76.2 Å². The van der Waals surface area contributed by atoms with Gasteiger partial charge in [-0.1, -0.05) is 12.1 Å². The van der Waals surface area contributed by atoms with Gasteiger partial charge < -0.3 is 19.8 Å². The number of amides is 1. The summed E-state index contributed by atoms with van der Waals surface area (Å²) in [6.07, 6.45) is 0. The van der Waals surface area contributed by atoms with Crippen LogP contribution in [0.25, 0.3) is 11.0 Å². The van der Waals surface area contributed by atoms with Crippen LogP contribution >= 0.6 is 0 Å². The lowest BCUT2D eigenvalue weighted by Crippen LogP contribution is -2.27. The van der Waals surface area contributed by atoms with Crippen LogP contribution in [0.4, 0.5) is 8.78 Å². The number of hydrogen-bond acceptors (Lipinski definition) is 4. The predicted molar refractivity (Wildman–Crippen MR) is 91.6 cm³/mol. The number of benzene rings is 2. The predicted octanol–water partition coefficient (Wildman–Crippen LogP) is 3.66. The average Bonchev–Trinajstić information content (AvgIpc) is 3.05. The Balaban J connectivity index is 1.76. The molecule has 1 unspecified atom stereocenters. The smallest absolute Gasteiger partial charge is 0.387 e. The van der Waals surface area contributed by atoms with Crippen LogP contribution in [-0.2, 0) is 0 Å². The van der Waals surface area contributed by atoms with Crippen LogP contribution in [0.5, 0.6) is 11.5 Å². The highest BCUT2D eigenvalue weighted by atomic mass is 19.3. The van der Waals surface area contributed by atoms with Crippen LogP contribution in [0.15, 0.2) is 42.5 Å². The highest BCUT2D eigenvalue weighted by Gasteiger charge is 2.17. The number of alkyl halides is 2. The minimum absolute atomic E-state index is 0.0503. The summed E-state index contributed by atoms with van der Waals surface area (Å²) in [4.78, 5) is 20.0. The fourth-order valence-corrected chi connectivity index (χ4v) is 2.53. The number of para-hydroxylation sites is 2. The van der Waals surface area contributed by atoms with E-state index in [0.29, 0.717) is 5.82 Å². The lowest BCUT2D eigenvalue weighted by Gasteiger charge is -2.14. The number of aromatic amines is 1. The molecule has 0 radical (unpaired) electrons. The number of nitrogens with zero attached hydrogens (tertiary/aromatic N) is 1. The quantitative estimate of drug-likeness (QED) is 0.702. The van der Waals surface area contributed by atoms with E-state index in [1.807, 2.05) is 24.3 Å². The Kier molecular flexibility index (Phi) is 5.01. The van der Waals surface area contributed by atoms with Gasteiger partial charge in [0.15, 0.2) is 11.5 Å². The van der Waals surface area contributed by atoms with E-state index in [2.05, 4.69) is 20.0 Å². The third-order valence-corrected chi connectivity index (χ3v) is 3.81. The van der Waals surface area contributed by atoms with E-state index in [0.717, 1.165) is 11.0 Å². The Bertz CT molecular complexity index is 894. The molecule has 8 heteroatoms. The third-order valence-electron chi connectivity index (χ3n) is 3.81. The number of aromatic nitrogens is 2. The van der Waals surface area contributed by atoms with Crippen LogP contribution in [0.3, 0.4) is 0 Å². The molecular weight excluding hydrogens is 344 g/mol. The number of nitrogens with one attached hydrogen (secondary N) is 2. The zero-order valence-electron chi connectivity index (χ0n) is 14.1. The summed E-state index contributed by atoms with van der Waals surface area (Å²) < 4.78 is 34.1. The molecule has 6 nitrogen and oxygen atoms in total. The Hall–Kier alpha value is -3.16. The molecule has 1 atom stereocenters. The number of hydrogen-bond donors (Lipinski definition) is 2. The van der Waals surface area contributed by atoms with Crippen molar-refractivity contribution in [3.63, 3.8) is 0 Å². The fraction of sp³-hybridized carbons (Fsp3) is 0.222. The summed E-state index contributed by atoms with van der Waals surface area (Å²) in [5.41, 5.74) is 1.93. The molecular formula is C18H17F2N3O3. The van der Waals surface area contributed by atoms with Crippen molar-refractivity contribution in [2.24, 2.45) is 0 Å². The number of carbonyl (C=O) groups excluding carboxylic acids is 1. The van der Waals surface area contributed by atoms with Crippen molar-refractivity contribution in [2.75, 3.05) is 7.11 Å². The SMILES string of the molecule is COc1cc(C(=O)NC(C)c2nc3ccccc3[nH]2)ccc1OC(F)F. The summed E-state index contributed by atoms with van der Waals surface area (Å²) in [7, 11) is 1.31. The monoisotopic (exact) mass is 361 g/mol. The molecule has 1 heterocycles. The van der Waals surface area contributed by atoms with Gasteiger partial charge in [0.05, 0.1) is 24.2 Å². The summed E-state index contributed by atoms with van der Waals surface area (Å²) in [5.74, 6) is 0.141. The number of halogens is 2. The summed E-state index contributed by atoms with van der Waals surface area (Å²) >= 11 is 0. The van der Waals surface area contributed by atoms with Crippen LogP contribution in [0.1, 0.15) is 29.1 Å². The maximum absolute atomic E-state index is 12.4. The highest BCUT2D eigenvalue weighted by Crippen LogP contribution is 2.29. The number of imidazole rings is 1. The maximum Gasteiger partial charge on any atom is 0.387 e. The van der Waals surface area contributed by atoms with E-state index in [-0.39, 0.29) is 29.0 Å². The molecule has 0 spiro atoms. The Morgan fingerprint density at radius 1 is 1.19 bits per heavy atom. The zero-order valence-corrected chi connectivity index (χ0v) is 14.1. The van der Waals surface area contributed by atoms with Crippen LogP contribution < -0.4 is 14.8 Å². The second-order valence-electron chi connectivity index (χ2n) is 5.58. The number of carbonyl (C=O) groups is 1. The standard InChI is InChI=1S/C18H17F2N3O3/c1-10(16-22-12-5-3-4-6-13(12)23-16)21-17(24)11-7-8-14(26-18(19)20)15(9-11)25-2/h3-10,18H,1-2H3,(H,21,24)(H,22,23). The molecule has 2 N–H and O–H groups in total. The van der Waals surface area contributed by atoms with Crippen molar-refractivity contribution < 1.29 is 23.0 Å². The van der Waals surface area contributed by atoms with Crippen molar-refractivity contribution >= 4 is 16.9 Å². The largest absolute Gasteiger partial charge is 0.493 e. The molecule has 3 aromatic rings. The number of ether oxygens (including phenoxy) is 2. The van der Waals surface area contributed by atoms with Gasteiger partial charge in [-0.25, -0.2) is 4.98 Å². The first-order valence-electron chi connectivity index (χ1n) is 7.86. The lowest BCUT2D eigenvalue weighted by molar-refractivity contribution is -0.0512. The van der Waals surface area contributed by atoms with Crippen LogP contribution in [0.2, 0.25) is 0 Å². The van der Waals surface area contributed by atoms with Gasteiger partial charge in [-0.15, -0.1) is 0 Å². The van der Waals surface area contributed by atoms with E-state index in [1.54, 1.807) is 6.92 Å². The van der Waals surface area contributed by atoms with Gasteiger partial charge >= 0.3 is 6.61 Å². The van der Waals surface area contributed by atoms with Gasteiger partial charge in [0, 0.05) is 5.56 Å². The fourth-order valence-electron chi connectivity index (χ4n) is 2.53. The van der Waals surface area contributed by atoms with Crippen molar-refractivity contribution in [2.45, 2.75) is 19.6 Å². The van der Waals surface area contributed by atoms with Gasteiger partial charge in [-0.2, -0.15) is 8.78 Å². The molecule has 2 aromatic carbocycles. The first-order chi connectivity index (χ1) is 12.5. The van der Waals surface area contributed by atoms with Crippen molar-refractivity contribution in [3.8, 4) is 11.5 Å². The first kappa shape index (κ1) is 17.7. The number of rotatable bonds is 6. The summed E-state index contributed by atoms with van der Waals surface area (Å²) in [6.45, 7) is -1.18. The minimum atomic E-state index is -2.98. The van der Waals surface area contributed by atoms with E-state index in [4.69, 9.17) is 4.74 Å². The number of fused-ring (bicyclic) bond motifs is 1. The number of methoxy groups -OCH3 is 1. The molecule has 1 aromatic heterocycles. The van der Waals surface area contributed by atoms with E-state index in [1.165, 1.54) is 25.3 Å². The second-order valence-corrected chi connectivity index (χ2v) is 5.58. The summed E-state index contributed by atoms with van der Waals surface area (Å²) in [6, 6.07) is 11.2. The minimum Gasteiger partial charge on any atom is -0.493 e. The molecule has 1 amide bonds. The van der Waals surface area contributed by atoms with E-state index >= 15 is 0 Å².